The fourth-order valence-corrected chi connectivity index (χ4v) is 2.90. The van der Waals surface area contributed by atoms with Crippen LogP contribution in [0.25, 0.3) is 22.4 Å². The van der Waals surface area contributed by atoms with Crippen LogP contribution < -0.4 is 5.56 Å². The number of H-pyrrole nitrogens is 1. The molecule has 26 heavy (non-hydrogen) atoms. The average Bonchev–Trinajstić information content (AvgIpc) is 2.61. The highest BCUT2D eigenvalue weighted by atomic mass is 79.9. The molecule has 1 heterocycles. The number of rotatable bonds is 2. The van der Waals surface area contributed by atoms with Gasteiger partial charge in [0.15, 0.2) is 0 Å². The van der Waals surface area contributed by atoms with Gasteiger partial charge >= 0.3 is 6.18 Å². The first-order chi connectivity index (χ1) is 12.3. The Hall–Kier alpha value is -2.85. The minimum atomic E-state index is -4.61. The van der Waals surface area contributed by atoms with E-state index in [9.17, 15) is 23.2 Å². The van der Waals surface area contributed by atoms with Crippen LogP contribution in [0.1, 0.15) is 11.1 Å². The maximum atomic E-state index is 13.4. The maximum Gasteiger partial charge on any atom is 0.417 e. The summed E-state index contributed by atoms with van der Waals surface area (Å²) < 4.78 is 40.9. The Balaban J connectivity index is 2.30. The van der Waals surface area contributed by atoms with E-state index in [0.29, 0.717) is 11.3 Å². The zero-order valence-corrected chi connectivity index (χ0v) is 14.6. The Kier molecular flexibility index (Phi) is 4.70. The smallest absolute Gasteiger partial charge is 0.321 e. The van der Waals surface area contributed by atoms with Gasteiger partial charge in [0.25, 0.3) is 5.56 Å². The summed E-state index contributed by atoms with van der Waals surface area (Å²) in [5.41, 5.74) is -1.32. The Morgan fingerprint density at radius 1 is 1.00 bits per heavy atom. The lowest BCUT2D eigenvalue weighted by Crippen LogP contribution is -2.14. The number of hydrogen-bond donors (Lipinski definition) is 1. The first-order valence-corrected chi connectivity index (χ1v) is 8.20. The van der Waals surface area contributed by atoms with Crippen LogP contribution in [0.15, 0.2) is 63.9 Å². The van der Waals surface area contributed by atoms with Crippen molar-refractivity contribution >= 4 is 15.9 Å². The highest BCUT2D eigenvalue weighted by Gasteiger charge is 2.34. The van der Waals surface area contributed by atoms with Gasteiger partial charge in [0, 0.05) is 15.7 Å². The number of benzene rings is 2. The number of nitrogens with one attached hydrogen (secondary N) is 1. The molecule has 0 radical (unpaired) electrons. The third-order valence-electron chi connectivity index (χ3n) is 3.82. The Labute approximate surface area is 154 Å². The lowest BCUT2D eigenvalue weighted by atomic mass is 9.95. The Morgan fingerprint density at radius 3 is 2.27 bits per heavy atom. The van der Waals surface area contributed by atoms with E-state index in [-0.39, 0.29) is 16.7 Å². The summed E-state index contributed by atoms with van der Waals surface area (Å²) in [6, 6.07) is 14.9. The van der Waals surface area contributed by atoms with Crippen molar-refractivity contribution in [3.8, 4) is 28.5 Å². The first-order valence-electron chi connectivity index (χ1n) is 7.41. The fourth-order valence-electron chi connectivity index (χ4n) is 2.63. The van der Waals surface area contributed by atoms with Gasteiger partial charge < -0.3 is 4.98 Å². The Bertz CT molecular complexity index is 1060. The highest BCUT2D eigenvalue weighted by Crippen LogP contribution is 2.38. The molecule has 1 N–H and O–H groups in total. The molecule has 0 unspecified atom stereocenters. The number of alkyl halides is 3. The highest BCUT2D eigenvalue weighted by molar-refractivity contribution is 9.10. The summed E-state index contributed by atoms with van der Waals surface area (Å²) in [5, 5.41) is 9.29. The van der Waals surface area contributed by atoms with Gasteiger partial charge in [0.05, 0.1) is 5.56 Å². The number of aromatic nitrogens is 1. The van der Waals surface area contributed by atoms with Crippen LogP contribution in [-0.2, 0) is 6.18 Å². The molecule has 0 aliphatic rings. The molecule has 7 heteroatoms. The van der Waals surface area contributed by atoms with Gasteiger partial charge in [0.2, 0.25) is 0 Å². The van der Waals surface area contributed by atoms with Crippen molar-refractivity contribution in [3.05, 3.63) is 80.6 Å². The molecule has 3 rings (SSSR count). The van der Waals surface area contributed by atoms with Crippen molar-refractivity contribution < 1.29 is 13.2 Å². The summed E-state index contributed by atoms with van der Waals surface area (Å²) in [4.78, 5) is 14.9. The quantitative estimate of drug-likeness (QED) is 0.608. The molecule has 1 aromatic heterocycles. The SMILES string of the molecule is N#Cc1c(-c2ccccc2C(F)(F)F)cc(-c2ccc(Br)cc2)[nH]c1=O. The molecule has 2 aromatic carbocycles. The number of hydrogen-bond acceptors (Lipinski definition) is 2. The number of nitrogens with zero attached hydrogens (tertiary/aromatic N) is 1. The van der Waals surface area contributed by atoms with Crippen LogP contribution in [0.2, 0.25) is 0 Å². The lowest BCUT2D eigenvalue weighted by molar-refractivity contribution is -0.137. The zero-order valence-electron chi connectivity index (χ0n) is 13.1. The molecule has 0 aliphatic heterocycles. The second-order valence-electron chi connectivity index (χ2n) is 5.46. The van der Waals surface area contributed by atoms with E-state index < -0.39 is 17.3 Å². The summed E-state index contributed by atoms with van der Waals surface area (Å²) >= 11 is 3.30. The molecule has 0 bridgehead atoms. The summed E-state index contributed by atoms with van der Waals surface area (Å²) in [7, 11) is 0. The second kappa shape index (κ2) is 6.81. The van der Waals surface area contributed by atoms with Gasteiger partial charge in [-0.25, -0.2) is 0 Å². The number of pyridine rings is 1. The van der Waals surface area contributed by atoms with Crippen molar-refractivity contribution in [2.45, 2.75) is 6.18 Å². The molecule has 0 amide bonds. The monoisotopic (exact) mass is 418 g/mol. The Morgan fingerprint density at radius 2 is 1.65 bits per heavy atom. The van der Waals surface area contributed by atoms with Gasteiger partial charge in [-0.15, -0.1) is 0 Å². The predicted molar refractivity (Wildman–Crippen MR) is 95.4 cm³/mol. The van der Waals surface area contributed by atoms with Crippen molar-refractivity contribution in [1.29, 1.82) is 5.26 Å². The molecule has 130 valence electrons. The fraction of sp³-hybridized carbons (Fsp3) is 0.0526. The van der Waals surface area contributed by atoms with Crippen LogP contribution in [0, 0.1) is 11.3 Å². The van der Waals surface area contributed by atoms with Gasteiger partial charge in [-0.05, 0) is 35.4 Å². The minimum Gasteiger partial charge on any atom is -0.321 e. The number of halogens is 4. The zero-order chi connectivity index (χ0) is 18.9. The van der Waals surface area contributed by atoms with E-state index in [1.807, 2.05) is 0 Å². The summed E-state index contributed by atoms with van der Waals surface area (Å²) in [6.07, 6.45) is -4.61. The van der Waals surface area contributed by atoms with Gasteiger partial charge in [-0.2, -0.15) is 18.4 Å². The molecule has 3 aromatic rings. The first kappa shape index (κ1) is 18.0. The molecule has 0 saturated heterocycles. The molecular weight excluding hydrogens is 409 g/mol. The molecule has 3 nitrogen and oxygen atoms in total. The molecule has 0 aliphatic carbocycles. The lowest BCUT2D eigenvalue weighted by Gasteiger charge is -2.14. The third-order valence-corrected chi connectivity index (χ3v) is 4.35. The van der Waals surface area contributed by atoms with E-state index in [0.717, 1.165) is 10.5 Å². The maximum absolute atomic E-state index is 13.4. The molecule has 0 fully saturated rings. The topological polar surface area (TPSA) is 56.6 Å². The molecule has 0 saturated carbocycles. The van der Waals surface area contributed by atoms with Crippen LogP contribution in [0.3, 0.4) is 0 Å². The van der Waals surface area contributed by atoms with E-state index in [4.69, 9.17) is 0 Å². The van der Waals surface area contributed by atoms with E-state index in [2.05, 4.69) is 20.9 Å². The van der Waals surface area contributed by atoms with Crippen LogP contribution >= 0.6 is 15.9 Å². The van der Waals surface area contributed by atoms with E-state index in [1.54, 1.807) is 30.3 Å². The van der Waals surface area contributed by atoms with Crippen molar-refractivity contribution in [1.82, 2.24) is 4.98 Å². The summed E-state index contributed by atoms with van der Waals surface area (Å²) in [5.74, 6) is 0. The van der Waals surface area contributed by atoms with E-state index >= 15 is 0 Å². The summed E-state index contributed by atoms with van der Waals surface area (Å²) in [6.45, 7) is 0. The second-order valence-corrected chi connectivity index (χ2v) is 6.38. The van der Waals surface area contributed by atoms with Crippen LogP contribution in [0.5, 0.6) is 0 Å². The standard InChI is InChI=1S/C19H10BrF3N2O/c20-12-7-5-11(6-8-12)17-9-14(15(10-24)18(26)25-17)13-3-1-2-4-16(13)19(21,22)23/h1-9H,(H,25,26). The number of nitriles is 1. The van der Waals surface area contributed by atoms with Crippen molar-refractivity contribution in [2.24, 2.45) is 0 Å². The van der Waals surface area contributed by atoms with Crippen LogP contribution in [0.4, 0.5) is 13.2 Å². The normalized spacial score (nSPS) is 11.2. The molecule has 0 spiro atoms. The van der Waals surface area contributed by atoms with E-state index in [1.165, 1.54) is 24.3 Å². The van der Waals surface area contributed by atoms with Crippen LogP contribution in [-0.4, -0.2) is 4.98 Å². The van der Waals surface area contributed by atoms with Crippen molar-refractivity contribution in [3.63, 3.8) is 0 Å². The van der Waals surface area contributed by atoms with Crippen molar-refractivity contribution in [2.75, 3.05) is 0 Å². The molecular formula is C19H10BrF3N2O. The largest absolute Gasteiger partial charge is 0.417 e. The van der Waals surface area contributed by atoms with Gasteiger partial charge in [0.1, 0.15) is 11.6 Å². The molecule has 0 atom stereocenters. The third kappa shape index (κ3) is 3.41. The average molecular weight is 419 g/mol. The van der Waals surface area contributed by atoms with Gasteiger partial charge in [-0.3, -0.25) is 4.79 Å². The predicted octanol–water partition coefficient (Wildman–Crippen LogP) is 5.36. The number of aromatic amines is 1. The van der Waals surface area contributed by atoms with Gasteiger partial charge in [-0.1, -0.05) is 46.3 Å². The minimum absolute atomic E-state index is 0.0536.